The molecule has 14 nitrogen and oxygen atoms in total. The van der Waals surface area contributed by atoms with Crippen molar-refractivity contribution in [3.8, 4) is 0 Å². The van der Waals surface area contributed by atoms with Crippen molar-refractivity contribution >= 4 is 110 Å². The fourth-order valence-electron chi connectivity index (χ4n) is 9.15. The first-order valence-electron chi connectivity index (χ1n) is 18.4. The summed E-state index contributed by atoms with van der Waals surface area (Å²) in [6.45, 7) is 1.71. The molecule has 10 rings (SSSR count). The second-order valence-corrected chi connectivity index (χ2v) is 19.6. The fourth-order valence-corrected chi connectivity index (χ4v) is 11.8. The molecule has 3 atom stereocenters. The van der Waals surface area contributed by atoms with Gasteiger partial charge in [0.2, 0.25) is 25.6 Å². The van der Waals surface area contributed by atoms with E-state index in [1.807, 2.05) is 4.57 Å². The predicted molar refractivity (Wildman–Crippen MR) is 224 cm³/mol. The number of sulfonamides is 2. The average Bonchev–Trinajstić information content (AvgIpc) is 3.88. The molecule has 1 fully saturated rings. The Morgan fingerprint density at radius 3 is 1.95 bits per heavy atom. The number of amides is 1. The normalized spacial score (nSPS) is 21.0. The Bertz CT molecular complexity index is 3240. The summed E-state index contributed by atoms with van der Waals surface area (Å²) in [7, 11) is -6.67. The molecule has 3 aliphatic heterocycles. The number of rotatable bonds is 9. The number of methoxy groups -OCH3 is 1. The molecule has 2 bridgehead atoms. The molecule has 5 aromatic carbocycles. The number of ether oxygens (including phenoxy) is 2. The van der Waals surface area contributed by atoms with Crippen LogP contribution in [0.5, 0.6) is 0 Å². The molecule has 7 aromatic rings. The van der Waals surface area contributed by atoms with Gasteiger partial charge in [-0.05, 0) is 84.3 Å². The first-order chi connectivity index (χ1) is 28.0. The molecule has 0 spiro atoms. The second kappa shape index (κ2) is 12.8. The molecular weight excluding hydrogens is 842 g/mol. The van der Waals surface area contributed by atoms with Gasteiger partial charge in [-0.1, -0.05) is 47.5 Å². The lowest BCUT2D eigenvalue weighted by Crippen LogP contribution is -2.56. The van der Waals surface area contributed by atoms with Gasteiger partial charge in [0.25, 0.3) is 5.91 Å². The van der Waals surface area contributed by atoms with Crippen LogP contribution in [0.25, 0.3) is 43.6 Å². The van der Waals surface area contributed by atoms with Crippen molar-refractivity contribution in [2.75, 3.05) is 16.6 Å². The number of benzene rings is 5. The van der Waals surface area contributed by atoms with E-state index in [1.54, 1.807) is 96.4 Å². The third kappa shape index (κ3) is 5.64. The molecule has 1 saturated heterocycles. The topological polar surface area (TPSA) is 187 Å². The lowest BCUT2D eigenvalue weighted by atomic mass is 9.88. The zero-order valence-corrected chi connectivity index (χ0v) is 34.3. The first kappa shape index (κ1) is 37.9. The van der Waals surface area contributed by atoms with Crippen molar-refractivity contribution in [3.05, 3.63) is 117 Å². The van der Waals surface area contributed by atoms with Gasteiger partial charge in [-0.25, -0.2) is 21.6 Å². The number of anilines is 2. The molecule has 18 heteroatoms. The number of esters is 1. The summed E-state index contributed by atoms with van der Waals surface area (Å²) in [5.74, 6) is -1.92. The van der Waals surface area contributed by atoms with E-state index < -0.39 is 43.6 Å². The van der Waals surface area contributed by atoms with Gasteiger partial charge < -0.3 is 29.0 Å². The van der Waals surface area contributed by atoms with Crippen molar-refractivity contribution in [1.82, 2.24) is 14.5 Å². The highest BCUT2D eigenvalue weighted by Crippen LogP contribution is 2.58. The van der Waals surface area contributed by atoms with Crippen molar-refractivity contribution in [1.29, 1.82) is 0 Å². The van der Waals surface area contributed by atoms with Crippen LogP contribution in [0.2, 0.25) is 10.0 Å². The van der Waals surface area contributed by atoms with Crippen molar-refractivity contribution < 1.29 is 41.0 Å². The minimum absolute atomic E-state index is 0.106. The molecule has 2 aromatic heterocycles. The largest absolute Gasteiger partial charge is 0.467 e. The Hall–Kier alpha value is -5.36. The SMILES string of the molecule is COC(=O)C1(O)CC2OC1(C)n1c3ccc(NS(=O)(=O)Cc4ccc(Cl)cc4)cc3c3c4c(c5c6cc(NS(=O)(=O)Cc7ccc(Cl)cc7)ccc6n2c5c31)C(=O)NC4. The number of carbonyl (C=O) groups excluding carboxylic acids is 2. The summed E-state index contributed by atoms with van der Waals surface area (Å²) in [4.78, 5) is 27.7. The Balaban J connectivity index is 1.22. The van der Waals surface area contributed by atoms with Crippen molar-refractivity contribution in [2.45, 2.75) is 48.9 Å². The minimum atomic E-state index is -3.93. The summed E-state index contributed by atoms with van der Waals surface area (Å²) >= 11 is 12.0. The maximum Gasteiger partial charge on any atom is 0.343 e. The zero-order chi connectivity index (χ0) is 41.4. The maximum atomic E-state index is 14.0. The monoisotopic (exact) mass is 873 g/mol. The molecule has 4 N–H and O–H groups in total. The number of nitrogens with zero attached hydrogens (tertiary/aromatic N) is 2. The number of fused-ring (bicyclic) bond motifs is 13. The number of halogens is 2. The van der Waals surface area contributed by atoms with Gasteiger partial charge in [-0.2, -0.15) is 0 Å². The summed E-state index contributed by atoms with van der Waals surface area (Å²) in [5.41, 5.74) is 0.582. The highest BCUT2D eigenvalue weighted by Gasteiger charge is 2.66. The Kier molecular flexibility index (Phi) is 8.23. The third-order valence-corrected chi connectivity index (χ3v) is 14.7. The van der Waals surface area contributed by atoms with E-state index in [4.69, 9.17) is 32.7 Å². The average molecular weight is 875 g/mol. The smallest absolute Gasteiger partial charge is 0.343 e. The van der Waals surface area contributed by atoms with Gasteiger partial charge in [-0.15, -0.1) is 0 Å². The van der Waals surface area contributed by atoms with E-state index >= 15 is 0 Å². The Morgan fingerprint density at radius 1 is 0.847 bits per heavy atom. The van der Waals surface area contributed by atoms with E-state index in [0.717, 1.165) is 0 Å². The van der Waals surface area contributed by atoms with Gasteiger partial charge in [0, 0.05) is 55.9 Å². The van der Waals surface area contributed by atoms with E-state index in [-0.39, 0.29) is 41.8 Å². The maximum absolute atomic E-state index is 14.0. The first-order valence-corrected chi connectivity index (χ1v) is 22.4. The van der Waals surface area contributed by atoms with Crippen LogP contribution in [0.15, 0.2) is 84.9 Å². The molecule has 3 unspecified atom stereocenters. The molecule has 302 valence electrons. The van der Waals surface area contributed by atoms with Gasteiger partial charge in [0.1, 0.15) is 6.23 Å². The number of nitrogens with one attached hydrogen (secondary N) is 3. The lowest BCUT2D eigenvalue weighted by Gasteiger charge is -2.37. The number of hydrogen-bond acceptors (Lipinski definition) is 9. The van der Waals surface area contributed by atoms with Crippen molar-refractivity contribution in [2.24, 2.45) is 0 Å². The molecule has 0 saturated carbocycles. The molecule has 3 aliphatic rings. The third-order valence-electron chi connectivity index (χ3n) is 11.6. The number of hydrogen-bond donors (Lipinski definition) is 4. The standard InChI is InChI=1S/C41H33Cl2N5O9S2/c1-40-41(51,39(50)56-2)17-32(57-40)47-30-13-11-25(45-58(52,53)19-21-3-7-23(42)8-4-21)15-27(30)34-35-29(18-44-38(35)49)33-28-16-26(12-14-31(28)48(40)37(33)36(34)47)46-59(54,55)20-22-5-9-24(43)10-6-22/h3-16,32,45-46,51H,17-20H2,1-2H3,(H,44,49). The van der Waals surface area contributed by atoms with E-state index in [1.165, 1.54) is 7.11 Å². The van der Waals surface area contributed by atoms with E-state index in [2.05, 4.69) is 14.8 Å². The molecule has 1 amide bonds. The zero-order valence-electron chi connectivity index (χ0n) is 31.2. The van der Waals surface area contributed by atoms with Gasteiger partial charge >= 0.3 is 5.97 Å². The Labute approximate surface area is 346 Å². The molecule has 59 heavy (non-hydrogen) atoms. The molecule has 0 aliphatic carbocycles. The van der Waals surface area contributed by atoms with Crippen LogP contribution in [0, 0.1) is 0 Å². The molecule has 5 heterocycles. The van der Waals surface area contributed by atoms with Crippen LogP contribution in [-0.2, 0) is 58.1 Å². The van der Waals surface area contributed by atoms with Crippen LogP contribution < -0.4 is 14.8 Å². The quantitative estimate of drug-likeness (QED) is 0.113. The van der Waals surface area contributed by atoms with Gasteiger partial charge in [0.05, 0.1) is 46.2 Å². The van der Waals surface area contributed by atoms with Crippen LogP contribution in [0.3, 0.4) is 0 Å². The van der Waals surface area contributed by atoms with Crippen LogP contribution >= 0.6 is 23.2 Å². The summed E-state index contributed by atoms with van der Waals surface area (Å²) < 4.78 is 74.8. The lowest BCUT2D eigenvalue weighted by molar-refractivity contribution is -0.202. The van der Waals surface area contributed by atoms with E-state index in [9.17, 15) is 31.5 Å². The summed E-state index contributed by atoms with van der Waals surface area (Å²) in [6.07, 6.45) is -1.20. The highest BCUT2D eigenvalue weighted by molar-refractivity contribution is 7.92. The highest BCUT2D eigenvalue weighted by atomic mass is 35.5. The van der Waals surface area contributed by atoms with Crippen molar-refractivity contribution in [3.63, 3.8) is 0 Å². The molecular formula is C41H33Cl2N5O9S2. The van der Waals surface area contributed by atoms with E-state index in [0.29, 0.717) is 75.9 Å². The van der Waals surface area contributed by atoms with Crippen LogP contribution in [0.1, 0.15) is 46.6 Å². The Morgan fingerprint density at radius 2 is 1.39 bits per heavy atom. The minimum Gasteiger partial charge on any atom is -0.467 e. The van der Waals surface area contributed by atoms with Crippen LogP contribution in [0.4, 0.5) is 11.4 Å². The summed E-state index contributed by atoms with van der Waals surface area (Å²) in [6, 6.07) is 22.9. The van der Waals surface area contributed by atoms with Gasteiger partial charge in [0.15, 0.2) is 5.72 Å². The summed E-state index contributed by atoms with van der Waals surface area (Å²) in [5, 5.41) is 18.5. The number of aliphatic hydroxyl groups is 1. The fraction of sp³-hybridized carbons (Fsp3) is 0.220. The second-order valence-electron chi connectivity index (χ2n) is 15.2. The number of aromatic nitrogens is 2. The number of carbonyl (C=O) groups is 2. The van der Waals surface area contributed by atoms with Gasteiger partial charge in [-0.3, -0.25) is 14.2 Å². The molecule has 0 radical (unpaired) electrons. The van der Waals surface area contributed by atoms with Crippen LogP contribution in [-0.4, -0.2) is 55.7 Å². The predicted octanol–water partition coefficient (Wildman–Crippen LogP) is 6.85.